The predicted octanol–water partition coefficient (Wildman–Crippen LogP) is 0.749. The Morgan fingerprint density at radius 1 is 1.32 bits per heavy atom. The van der Waals surface area contributed by atoms with E-state index in [2.05, 4.69) is 10.6 Å². The fourth-order valence-corrected chi connectivity index (χ4v) is 2.33. The highest BCUT2D eigenvalue weighted by atomic mass is 16.2. The molecule has 1 rings (SSSR count). The monoisotopic (exact) mass is 269 g/mol. The van der Waals surface area contributed by atoms with Gasteiger partial charge in [-0.2, -0.15) is 0 Å². The Bertz CT molecular complexity index is 299. The number of amides is 2. The van der Waals surface area contributed by atoms with Crippen LogP contribution in [0.2, 0.25) is 0 Å². The number of hydrogen-bond donors (Lipinski definition) is 2. The van der Waals surface area contributed by atoms with E-state index in [9.17, 15) is 9.59 Å². The smallest absolute Gasteiger partial charge is 0.224 e. The molecule has 1 saturated heterocycles. The van der Waals surface area contributed by atoms with Gasteiger partial charge >= 0.3 is 0 Å². The van der Waals surface area contributed by atoms with Gasteiger partial charge in [0.15, 0.2) is 0 Å². The summed E-state index contributed by atoms with van der Waals surface area (Å²) in [6.07, 6.45) is 2.95. The summed E-state index contributed by atoms with van der Waals surface area (Å²) < 4.78 is 0. The number of piperidine rings is 1. The van der Waals surface area contributed by atoms with Crippen molar-refractivity contribution >= 4 is 11.8 Å². The Morgan fingerprint density at radius 2 is 1.95 bits per heavy atom. The topological polar surface area (TPSA) is 61.4 Å². The van der Waals surface area contributed by atoms with Crippen LogP contribution in [-0.4, -0.2) is 49.4 Å². The lowest BCUT2D eigenvalue weighted by Crippen LogP contribution is -2.44. The molecular weight excluding hydrogens is 242 g/mol. The zero-order chi connectivity index (χ0) is 14.3. The van der Waals surface area contributed by atoms with Crippen molar-refractivity contribution in [2.24, 2.45) is 5.92 Å². The fourth-order valence-electron chi connectivity index (χ4n) is 2.33. The van der Waals surface area contributed by atoms with Crippen LogP contribution < -0.4 is 10.6 Å². The molecule has 1 aliphatic rings. The van der Waals surface area contributed by atoms with Gasteiger partial charge in [0.05, 0.1) is 0 Å². The van der Waals surface area contributed by atoms with Gasteiger partial charge in [-0.3, -0.25) is 9.59 Å². The van der Waals surface area contributed by atoms with E-state index in [4.69, 9.17) is 0 Å². The first kappa shape index (κ1) is 16.0. The molecule has 1 aliphatic heterocycles. The standard InChI is InChI=1S/C14H27N3O2/c1-11(2)10-13(18)16-9-6-14(19)17(3)12-4-7-15-8-5-12/h11-12,15H,4-10H2,1-3H3,(H,16,18). The first-order chi connectivity index (χ1) is 9.00. The molecule has 0 aromatic rings. The molecule has 110 valence electrons. The molecule has 5 heteroatoms. The summed E-state index contributed by atoms with van der Waals surface area (Å²) in [6, 6.07) is 0.347. The minimum atomic E-state index is 0.0346. The van der Waals surface area contributed by atoms with E-state index in [-0.39, 0.29) is 11.8 Å². The summed E-state index contributed by atoms with van der Waals surface area (Å²) >= 11 is 0. The van der Waals surface area contributed by atoms with Crippen LogP contribution in [-0.2, 0) is 9.59 Å². The van der Waals surface area contributed by atoms with Crippen LogP contribution in [0.4, 0.5) is 0 Å². The van der Waals surface area contributed by atoms with Gasteiger partial charge in [0, 0.05) is 32.5 Å². The van der Waals surface area contributed by atoms with Crippen molar-refractivity contribution in [1.82, 2.24) is 15.5 Å². The Kier molecular flexibility index (Phi) is 6.84. The molecule has 0 aromatic carbocycles. The minimum absolute atomic E-state index is 0.0346. The van der Waals surface area contributed by atoms with Crippen LogP contribution in [0.1, 0.15) is 39.5 Å². The van der Waals surface area contributed by atoms with Crippen molar-refractivity contribution < 1.29 is 9.59 Å². The van der Waals surface area contributed by atoms with Crippen LogP contribution in [0, 0.1) is 5.92 Å². The molecule has 19 heavy (non-hydrogen) atoms. The normalized spacial score (nSPS) is 16.4. The van der Waals surface area contributed by atoms with Crippen molar-refractivity contribution in [1.29, 1.82) is 0 Å². The van der Waals surface area contributed by atoms with E-state index >= 15 is 0 Å². The van der Waals surface area contributed by atoms with Crippen LogP contribution in [0.3, 0.4) is 0 Å². The second-order valence-electron chi connectivity index (χ2n) is 5.68. The molecule has 0 aromatic heterocycles. The van der Waals surface area contributed by atoms with Gasteiger partial charge < -0.3 is 15.5 Å². The van der Waals surface area contributed by atoms with E-state index in [0.29, 0.717) is 31.3 Å². The van der Waals surface area contributed by atoms with Crippen LogP contribution in [0.5, 0.6) is 0 Å². The fraction of sp³-hybridized carbons (Fsp3) is 0.857. The molecule has 1 heterocycles. The molecule has 0 saturated carbocycles. The Labute approximate surface area is 116 Å². The molecule has 0 spiro atoms. The van der Waals surface area contributed by atoms with Gasteiger partial charge in [0.1, 0.15) is 0 Å². The molecule has 2 N–H and O–H groups in total. The quantitative estimate of drug-likeness (QED) is 0.748. The molecule has 2 amide bonds. The number of rotatable bonds is 6. The largest absolute Gasteiger partial charge is 0.356 e. The highest BCUT2D eigenvalue weighted by Crippen LogP contribution is 2.10. The van der Waals surface area contributed by atoms with Gasteiger partial charge in [0.25, 0.3) is 0 Å². The highest BCUT2D eigenvalue weighted by Gasteiger charge is 2.21. The molecule has 1 fully saturated rings. The maximum atomic E-state index is 12.0. The first-order valence-corrected chi connectivity index (χ1v) is 7.23. The molecule has 0 unspecified atom stereocenters. The third-order valence-electron chi connectivity index (χ3n) is 3.50. The summed E-state index contributed by atoms with van der Waals surface area (Å²) in [5, 5.41) is 6.09. The lowest BCUT2D eigenvalue weighted by molar-refractivity contribution is -0.132. The molecule has 0 radical (unpaired) electrons. The van der Waals surface area contributed by atoms with Gasteiger partial charge in [0.2, 0.25) is 11.8 Å². The SMILES string of the molecule is CC(C)CC(=O)NCCC(=O)N(C)C1CCNCC1. The van der Waals surface area contributed by atoms with Gasteiger partial charge in [-0.25, -0.2) is 0 Å². The first-order valence-electron chi connectivity index (χ1n) is 7.23. The number of nitrogens with one attached hydrogen (secondary N) is 2. The molecule has 5 nitrogen and oxygen atoms in total. The van der Waals surface area contributed by atoms with Crippen molar-refractivity contribution in [3.63, 3.8) is 0 Å². The molecule has 0 atom stereocenters. The van der Waals surface area contributed by atoms with Crippen molar-refractivity contribution in [2.45, 2.75) is 45.6 Å². The van der Waals surface area contributed by atoms with Crippen molar-refractivity contribution in [3.05, 3.63) is 0 Å². The summed E-state index contributed by atoms with van der Waals surface area (Å²) in [6.45, 7) is 6.42. The summed E-state index contributed by atoms with van der Waals surface area (Å²) in [5.41, 5.74) is 0. The van der Waals surface area contributed by atoms with E-state index in [1.807, 2.05) is 25.8 Å². The van der Waals surface area contributed by atoms with Crippen LogP contribution in [0.15, 0.2) is 0 Å². The minimum Gasteiger partial charge on any atom is -0.356 e. The second kappa shape index (κ2) is 8.15. The number of carbonyl (C=O) groups excluding carboxylic acids is 2. The Hall–Kier alpha value is -1.10. The van der Waals surface area contributed by atoms with E-state index < -0.39 is 0 Å². The summed E-state index contributed by atoms with van der Waals surface area (Å²) in [7, 11) is 1.87. The number of carbonyl (C=O) groups is 2. The van der Waals surface area contributed by atoms with Crippen LogP contribution in [0.25, 0.3) is 0 Å². The second-order valence-corrected chi connectivity index (χ2v) is 5.68. The lowest BCUT2D eigenvalue weighted by atomic mass is 10.1. The summed E-state index contributed by atoms with van der Waals surface area (Å²) in [5.74, 6) is 0.511. The maximum Gasteiger partial charge on any atom is 0.224 e. The van der Waals surface area contributed by atoms with Crippen LogP contribution >= 0.6 is 0 Å². The average molecular weight is 269 g/mol. The maximum absolute atomic E-state index is 12.0. The van der Waals surface area contributed by atoms with E-state index in [1.165, 1.54) is 0 Å². The average Bonchev–Trinajstić information content (AvgIpc) is 2.37. The highest BCUT2D eigenvalue weighted by molar-refractivity contribution is 5.79. The zero-order valence-electron chi connectivity index (χ0n) is 12.4. The number of hydrogen-bond acceptors (Lipinski definition) is 3. The van der Waals surface area contributed by atoms with Gasteiger partial charge in [-0.1, -0.05) is 13.8 Å². The predicted molar refractivity (Wildman–Crippen MR) is 75.7 cm³/mol. The van der Waals surface area contributed by atoms with Gasteiger partial charge in [-0.15, -0.1) is 0 Å². The third kappa shape index (κ3) is 6.05. The van der Waals surface area contributed by atoms with Gasteiger partial charge in [-0.05, 0) is 31.8 Å². The number of nitrogens with zero attached hydrogens (tertiary/aromatic N) is 1. The Morgan fingerprint density at radius 3 is 2.53 bits per heavy atom. The molecule has 0 bridgehead atoms. The van der Waals surface area contributed by atoms with E-state index in [1.54, 1.807) is 0 Å². The van der Waals surface area contributed by atoms with Crippen molar-refractivity contribution in [3.8, 4) is 0 Å². The van der Waals surface area contributed by atoms with Crippen molar-refractivity contribution in [2.75, 3.05) is 26.7 Å². The lowest BCUT2D eigenvalue weighted by Gasteiger charge is -2.31. The molecular formula is C14H27N3O2. The van der Waals surface area contributed by atoms with E-state index in [0.717, 1.165) is 25.9 Å². The summed E-state index contributed by atoms with van der Waals surface area (Å²) in [4.78, 5) is 25.3. The zero-order valence-corrected chi connectivity index (χ0v) is 12.4. The Balaban J connectivity index is 2.21. The third-order valence-corrected chi connectivity index (χ3v) is 3.50. The molecule has 0 aliphatic carbocycles.